The molecule has 16 heavy (non-hydrogen) atoms. The van der Waals surface area contributed by atoms with Crippen LogP contribution in [-0.4, -0.2) is 17.3 Å². The van der Waals surface area contributed by atoms with E-state index in [0.717, 1.165) is 6.42 Å². The molecular formula is C14H20O2. The highest BCUT2D eigenvalue weighted by molar-refractivity contribution is 5.13. The Morgan fingerprint density at radius 3 is 2.69 bits per heavy atom. The van der Waals surface area contributed by atoms with Crippen LogP contribution in [0.15, 0.2) is 43.0 Å². The summed E-state index contributed by atoms with van der Waals surface area (Å²) < 4.78 is 5.51. The Kier molecular flexibility index (Phi) is 5.23. The zero-order valence-electron chi connectivity index (χ0n) is 9.86. The van der Waals surface area contributed by atoms with Crippen molar-refractivity contribution in [3.63, 3.8) is 0 Å². The summed E-state index contributed by atoms with van der Waals surface area (Å²) in [4.78, 5) is 0. The first-order chi connectivity index (χ1) is 7.64. The monoisotopic (exact) mass is 220 g/mol. The zero-order valence-corrected chi connectivity index (χ0v) is 9.86. The molecular weight excluding hydrogens is 200 g/mol. The standard InChI is InChI=1S/C14H20O2/c1-3-14(2,15)10-7-11-16-12-13-8-5-4-6-9-13/h3-6,8-9,15H,1,7,10-12H2,2H3. The van der Waals surface area contributed by atoms with Gasteiger partial charge in [-0.3, -0.25) is 0 Å². The summed E-state index contributed by atoms with van der Waals surface area (Å²) in [6, 6.07) is 10.1. The van der Waals surface area contributed by atoms with Crippen molar-refractivity contribution in [1.82, 2.24) is 0 Å². The number of hydrogen-bond donors (Lipinski definition) is 1. The summed E-state index contributed by atoms with van der Waals surface area (Å²) >= 11 is 0. The van der Waals surface area contributed by atoms with E-state index in [1.165, 1.54) is 5.56 Å². The van der Waals surface area contributed by atoms with Crippen molar-refractivity contribution in [1.29, 1.82) is 0 Å². The minimum absolute atomic E-state index is 0.636. The molecule has 1 aromatic rings. The fourth-order valence-corrected chi connectivity index (χ4v) is 1.40. The smallest absolute Gasteiger partial charge is 0.0797 e. The summed E-state index contributed by atoms with van der Waals surface area (Å²) in [6.45, 7) is 6.65. The molecule has 0 heterocycles. The van der Waals surface area contributed by atoms with Crippen LogP contribution in [0, 0.1) is 0 Å². The minimum atomic E-state index is -0.768. The van der Waals surface area contributed by atoms with Crippen LogP contribution in [-0.2, 0) is 11.3 Å². The molecule has 1 aromatic carbocycles. The molecule has 0 radical (unpaired) electrons. The van der Waals surface area contributed by atoms with Crippen molar-refractivity contribution in [2.24, 2.45) is 0 Å². The second-order valence-corrected chi connectivity index (χ2v) is 4.20. The fraction of sp³-hybridized carbons (Fsp3) is 0.429. The highest BCUT2D eigenvalue weighted by Gasteiger charge is 2.13. The first-order valence-corrected chi connectivity index (χ1v) is 5.62. The maximum atomic E-state index is 9.67. The van der Waals surface area contributed by atoms with Crippen molar-refractivity contribution >= 4 is 0 Å². The van der Waals surface area contributed by atoms with E-state index in [1.54, 1.807) is 13.0 Å². The molecule has 0 saturated carbocycles. The topological polar surface area (TPSA) is 29.5 Å². The molecule has 2 heteroatoms. The number of hydrogen-bond acceptors (Lipinski definition) is 2. The molecule has 88 valence electrons. The van der Waals surface area contributed by atoms with Gasteiger partial charge in [0.1, 0.15) is 0 Å². The quantitative estimate of drug-likeness (QED) is 0.565. The Balaban J connectivity index is 2.11. The summed E-state index contributed by atoms with van der Waals surface area (Å²) in [7, 11) is 0. The molecule has 0 aliphatic carbocycles. The summed E-state index contributed by atoms with van der Waals surface area (Å²) in [5.74, 6) is 0. The molecule has 0 aliphatic rings. The van der Waals surface area contributed by atoms with Gasteiger partial charge in [-0.2, -0.15) is 0 Å². The lowest BCUT2D eigenvalue weighted by Gasteiger charge is -2.17. The van der Waals surface area contributed by atoms with Crippen LogP contribution < -0.4 is 0 Å². The number of aliphatic hydroxyl groups is 1. The third-order valence-electron chi connectivity index (χ3n) is 2.52. The van der Waals surface area contributed by atoms with Gasteiger partial charge in [0.05, 0.1) is 12.2 Å². The third-order valence-corrected chi connectivity index (χ3v) is 2.52. The van der Waals surface area contributed by atoms with Crippen molar-refractivity contribution in [2.45, 2.75) is 32.0 Å². The van der Waals surface area contributed by atoms with E-state index >= 15 is 0 Å². The average molecular weight is 220 g/mol. The van der Waals surface area contributed by atoms with Gasteiger partial charge in [0.2, 0.25) is 0 Å². The third kappa shape index (κ3) is 5.10. The van der Waals surface area contributed by atoms with E-state index in [1.807, 2.05) is 30.3 Å². The lowest BCUT2D eigenvalue weighted by molar-refractivity contribution is 0.0703. The second kappa shape index (κ2) is 6.46. The lowest BCUT2D eigenvalue weighted by Crippen LogP contribution is -2.20. The SMILES string of the molecule is C=CC(C)(O)CCCOCc1ccccc1. The maximum absolute atomic E-state index is 9.67. The molecule has 0 spiro atoms. The Hall–Kier alpha value is -1.12. The largest absolute Gasteiger partial charge is 0.386 e. The molecule has 1 N–H and O–H groups in total. The van der Waals surface area contributed by atoms with Crippen LogP contribution in [0.3, 0.4) is 0 Å². The maximum Gasteiger partial charge on any atom is 0.0797 e. The van der Waals surface area contributed by atoms with E-state index in [9.17, 15) is 5.11 Å². The summed E-state index contributed by atoms with van der Waals surface area (Å²) in [6.07, 6.45) is 3.10. The molecule has 0 aliphatic heterocycles. The molecule has 2 nitrogen and oxygen atoms in total. The van der Waals surface area contributed by atoms with Gasteiger partial charge in [-0.1, -0.05) is 36.4 Å². The van der Waals surface area contributed by atoms with Gasteiger partial charge in [0, 0.05) is 6.61 Å². The van der Waals surface area contributed by atoms with Gasteiger partial charge >= 0.3 is 0 Å². The Morgan fingerprint density at radius 2 is 2.06 bits per heavy atom. The van der Waals surface area contributed by atoms with Gasteiger partial charge in [-0.25, -0.2) is 0 Å². The molecule has 0 bridgehead atoms. The molecule has 1 rings (SSSR count). The predicted octanol–water partition coefficient (Wildman–Crippen LogP) is 2.92. The fourth-order valence-electron chi connectivity index (χ4n) is 1.40. The summed E-state index contributed by atoms with van der Waals surface area (Å²) in [5, 5.41) is 9.67. The second-order valence-electron chi connectivity index (χ2n) is 4.20. The molecule has 0 fully saturated rings. The van der Waals surface area contributed by atoms with Crippen LogP contribution in [0.1, 0.15) is 25.3 Å². The van der Waals surface area contributed by atoms with Crippen molar-refractivity contribution in [3.8, 4) is 0 Å². The molecule has 1 atom stereocenters. The molecule has 0 amide bonds. The van der Waals surface area contributed by atoms with E-state index in [2.05, 4.69) is 6.58 Å². The Labute approximate surface area is 97.6 Å². The van der Waals surface area contributed by atoms with E-state index < -0.39 is 5.60 Å². The Bertz CT molecular complexity index is 304. The molecule has 0 saturated heterocycles. The number of benzene rings is 1. The van der Waals surface area contributed by atoms with E-state index in [4.69, 9.17) is 4.74 Å². The van der Waals surface area contributed by atoms with Crippen LogP contribution in [0.4, 0.5) is 0 Å². The zero-order chi connectivity index (χ0) is 11.9. The number of rotatable bonds is 7. The van der Waals surface area contributed by atoms with Crippen LogP contribution >= 0.6 is 0 Å². The first-order valence-electron chi connectivity index (χ1n) is 5.62. The van der Waals surface area contributed by atoms with E-state index in [-0.39, 0.29) is 0 Å². The van der Waals surface area contributed by atoms with Crippen molar-refractivity contribution < 1.29 is 9.84 Å². The van der Waals surface area contributed by atoms with Gasteiger partial charge in [0.25, 0.3) is 0 Å². The van der Waals surface area contributed by atoms with Gasteiger partial charge in [-0.05, 0) is 25.3 Å². The van der Waals surface area contributed by atoms with Crippen LogP contribution in [0.2, 0.25) is 0 Å². The van der Waals surface area contributed by atoms with Gasteiger partial charge < -0.3 is 9.84 Å². The van der Waals surface area contributed by atoms with Gasteiger partial charge in [-0.15, -0.1) is 6.58 Å². The van der Waals surface area contributed by atoms with Crippen molar-refractivity contribution in [2.75, 3.05) is 6.61 Å². The molecule has 0 aromatic heterocycles. The average Bonchev–Trinajstić information content (AvgIpc) is 2.30. The minimum Gasteiger partial charge on any atom is -0.386 e. The normalized spacial score (nSPS) is 14.4. The highest BCUT2D eigenvalue weighted by atomic mass is 16.5. The highest BCUT2D eigenvalue weighted by Crippen LogP contribution is 2.12. The van der Waals surface area contributed by atoms with Gasteiger partial charge in [0.15, 0.2) is 0 Å². The summed E-state index contributed by atoms with van der Waals surface area (Å²) in [5.41, 5.74) is 0.411. The molecule has 1 unspecified atom stereocenters. The van der Waals surface area contributed by atoms with E-state index in [0.29, 0.717) is 19.6 Å². The van der Waals surface area contributed by atoms with Crippen LogP contribution in [0.25, 0.3) is 0 Å². The van der Waals surface area contributed by atoms with Crippen molar-refractivity contribution in [3.05, 3.63) is 48.6 Å². The predicted molar refractivity (Wildman–Crippen MR) is 66.2 cm³/mol. The lowest BCUT2D eigenvalue weighted by atomic mass is 10.0. The Morgan fingerprint density at radius 1 is 1.38 bits per heavy atom. The first kappa shape index (κ1) is 12.9. The van der Waals surface area contributed by atoms with Crippen LogP contribution in [0.5, 0.6) is 0 Å². The number of ether oxygens (including phenoxy) is 1.